The lowest BCUT2D eigenvalue weighted by Crippen LogP contribution is -2.52. The van der Waals surface area contributed by atoms with Gasteiger partial charge >= 0.3 is 0 Å². The van der Waals surface area contributed by atoms with Crippen LogP contribution in [0.25, 0.3) is 10.2 Å². The minimum atomic E-state index is 0.0592. The van der Waals surface area contributed by atoms with E-state index in [-0.39, 0.29) is 23.8 Å². The third-order valence-electron chi connectivity index (χ3n) is 6.66. The molecule has 0 saturated carbocycles. The molecule has 0 bridgehead atoms. The highest BCUT2D eigenvalue weighted by molar-refractivity contribution is 7.18. The molecule has 0 radical (unpaired) electrons. The van der Waals surface area contributed by atoms with Gasteiger partial charge in [-0.15, -0.1) is 11.3 Å². The first-order chi connectivity index (χ1) is 15.0. The number of rotatable bonds is 5. The first-order valence-electron chi connectivity index (χ1n) is 11.5. The molecule has 0 spiro atoms. The Morgan fingerprint density at radius 3 is 2.68 bits per heavy atom. The van der Waals surface area contributed by atoms with E-state index >= 15 is 0 Å². The molecule has 4 heterocycles. The topological polar surface area (TPSA) is 78.4 Å². The molecule has 0 aromatic carbocycles. The van der Waals surface area contributed by atoms with Gasteiger partial charge in [0.05, 0.1) is 5.39 Å². The molecular weight excluding hydrogens is 410 g/mol. The number of nitrogens with zero attached hydrogens (tertiary/aromatic N) is 4. The van der Waals surface area contributed by atoms with E-state index in [0.717, 1.165) is 67.8 Å². The molecule has 0 aliphatic carbocycles. The third-order valence-corrected chi connectivity index (χ3v) is 7.78. The standard InChI is InChI=1S/C23H33N5O2S/c1-4-6-19(29)26-18-7-5-10-28(13-18)23(30)17-8-11-27(12-9-17)21-20-15(2)16(3)31-22(20)25-14-24-21/h14,17-18H,4-13H2,1-3H3,(H,26,29). The molecule has 1 N–H and O–H groups in total. The normalized spacial score (nSPS) is 20.3. The maximum absolute atomic E-state index is 13.2. The van der Waals surface area contributed by atoms with Crippen LogP contribution in [-0.2, 0) is 9.59 Å². The van der Waals surface area contributed by atoms with Crippen molar-refractivity contribution in [1.82, 2.24) is 20.2 Å². The fourth-order valence-corrected chi connectivity index (χ4v) is 5.81. The van der Waals surface area contributed by atoms with Gasteiger partial charge in [0.25, 0.3) is 0 Å². The molecule has 1 unspecified atom stereocenters. The van der Waals surface area contributed by atoms with Gasteiger partial charge in [-0.3, -0.25) is 9.59 Å². The average molecular weight is 444 g/mol. The summed E-state index contributed by atoms with van der Waals surface area (Å²) >= 11 is 1.72. The second-order valence-electron chi connectivity index (χ2n) is 8.86. The fourth-order valence-electron chi connectivity index (χ4n) is 4.82. The maximum Gasteiger partial charge on any atom is 0.225 e. The zero-order chi connectivity index (χ0) is 22.0. The smallest absolute Gasteiger partial charge is 0.225 e. The number of amides is 2. The van der Waals surface area contributed by atoms with E-state index < -0.39 is 0 Å². The van der Waals surface area contributed by atoms with E-state index in [1.54, 1.807) is 17.7 Å². The van der Waals surface area contributed by atoms with Crippen LogP contribution in [-0.4, -0.2) is 58.9 Å². The Kier molecular flexibility index (Phi) is 6.74. The predicted molar refractivity (Wildman–Crippen MR) is 124 cm³/mol. The first kappa shape index (κ1) is 22.0. The van der Waals surface area contributed by atoms with E-state index in [1.807, 2.05) is 11.8 Å². The van der Waals surface area contributed by atoms with Gasteiger partial charge in [0, 0.05) is 49.4 Å². The van der Waals surface area contributed by atoms with Crippen LogP contribution in [0.15, 0.2) is 6.33 Å². The van der Waals surface area contributed by atoms with Crippen molar-refractivity contribution in [2.75, 3.05) is 31.1 Å². The Labute approximate surface area is 188 Å². The van der Waals surface area contributed by atoms with Crippen molar-refractivity contribution in [2.24, 2.45) is 5.92 Å². The van der Waals surface area contributed by atoms with Crippen molar-refractivity contribution in [3.8, 4) is 0 Å². The zero-order valence-corrected chi connectivity index (χ0v) is 19.6. The number of thiophene rings is 1. The summed E-state index contributed by atoms with van der Waals surface area (Å²) in [5, 5.41) is 4.27. The van der Waals surface area contributed by atoms with Crippen LogP contribution in [0.5, 0.6) is 0 Å². The fraction of sp³-hybridized carbons (Fsp3) is 0.652. The Morgan fingerprint density at radius 1 is 1.16 bits per heavy atom. The number of aryl methyl sites for hydroxylation is 2. The van der Waals surface area contributed by atoms with Gasteiger partial charge < -0.3 is 15.1 Å². The van der Waals surface area contributed by atoms with Crippen LogP contribution in [0, 0.1) is 19.8 Å². The van der Waals surface area contributed by atoms with Crippen molar-refractivity contribution in [1.29, 1.82) is 0 Å². The van der Waals surface area contributed by atoms with E-state index in [9.17, 15) is 9.59 Å². The SMILES string of the molecule is CCCC(=O)NC1CCCN(C(=O)C2CCN(c3ncnc4sc(C)c(C)c34)CC2)C1. The average Bonchev–Trinajstić information content (AvgIpc) is 3.07. The van der Waals surface area contributed by atoms with Crippen molar-refractivity contribution >= 4 is 39.2 Å². The minimum Gasteiger partial charge on any atom is -0.356 e. The van der Waals surface area contributed by atoms with E-state index in [0.29, 0.717) is 13.0 Å². The summed E-state index contributed by atoms with van der Waals surface area (Å²) in [5.74, 6) is 1.42. The highest BCUT2D eigenvalue weighted by atomic mass is 32.1. The van der Waals surface area contributed by atoms with Gasteiger partial charge in [0.1, 0.15) is 17.0 Å². The summed E-state index contributed by atoms with van der Waals surface area (Å²) in [6.45, 7) is 9.41. The number of piperidine rings is 2. The highest BCUT2D eigenvalue weighted by Gasteiger charge is 2.32. The Bertz CT molecular complexity index is 951. The molecule has 2 saturated heterocycles. The molecule has 4 rings (SSSR count). The third kappa shape index (κ3) is 4.68. The molecule has 8 heteroatoms. The molecule has 2 fully saturated rings. The number of nitrogens with one attached hydrogen (secondary N) is 1. The lowest BCUT2D eigenvalue weighted by molar-refractivity contribution is -0.138. The molecule has 2 aliphatic rings. The molecule has 2 aromatic rings. The van der Waals surface area contributed by atoms with Crippen molar-refractivity contribution in [3.05, 3.63) is 16.8 Å². The lowest BCUT2D eigenvalue weighted by atomic mass is 9.93. The zero-order valence-electron chi connectivity index (χ0n) is 18.8. The summed E-state index contributed by atoms with van der Waals surface area (Å²) in [6.07, 6.45) is 6.67. The quantitative estimate of drug-likeness (QED) is 0.766. The van der Waals surface area contributed by atoms with Crippen LogP contribution < -0.4 is 10.2 Å². The summed E-state index contributed by atoms with van der Waals surface area (Å²) in [6, 6.07) is 0.0935. The van der Waals surface area contributed by atoms with Crippen molar-refractivity contribution in [3.63, 3.8) is 0 Å². The van der Waals surface area contributed by atoms with Gasteiger partial charge in [-0.1, -0.05) is 6.92 Å². The number of aromatic nitrogens is 2. The number of fused-ring (bicyclic) bond motifs is 1. The minimum absolute atomic E-state index is 0.0592. The van der Waals surface area contributed by atoms with Gasteiger partial charge in [-0.05, 0) is 51.5 Å². The number of hydrogen-bond acceptors (Lipinski definition) is 6. The lowest BCUT2D eigenvalue weighted by Gasteiger charge is -2.38. The van der Waals surface area contributed by atoms with Crippen LogP contribution in [0.2, 0.25) is 0 Å². The van der Waals surface area contributed by atoms with E-state index in [4.69, 9.17) is 0 Å². The summed E-state index contributed by atoms with van der Waals surface area (Å²) in [5.41, 5.74) is 1.26. The molecule has 2 amide bonds. The Morgan fingerprint density at radius 2 is 1.94 bits per heavy atom. The predicted octanol–water partition coefficient (Wildman–Crippen LogP) is 3.43. The van der Waals surface area contributed by atoms with Crippen LogP contribution in [0.3, 0.4) is 0 Å². The van der Waals surface area contributed by atoms with Gasteiger partial charge in [-0.25, -0.2) is 9.97 Å². The molecule has 31 heavy (non-hydrogen) atoms. The molecule has 2 aromatic heterocycles. The van der Waals surface area contributed by atoms with Gasteiger partial charge in [0.2, 0.25) is 11.8 Å². The van der Waals surface area contributed by atoms with Crippen LogP contribution in [0.4, 0.5) is 5.82 Å². The summed E-state index contributed by atoms with van der Waals surface area (Å²) in [7, 11) is 0. The number of carbonyl (C=O) groups excluding carboxylic acids is 2. The summed E-state index contributed by atoms with van der Waals surface area (Å²) in [4.78, 5) is 40.8. The van der Waals surface area contributed by atoms with E-state index in [1.165, 1.54) is 10.4 Å². The Hall–Kier alpha value is -2.22. The summed E-state index contributed by atoms with van der Waals surface area (Å²) < 4.78 is 0. The van der Waals surface area contributed by atoms with Gasteiger partial charge in [0.15, 0.2) is 0 Å². The second-order valence-corrected chi connectivity index (χ2v) is 10.1. The molecule has 2 aliphatic heterocycles. The second kappa shape index (κ2) is 9.51. The number of likely N-dealkylation sites (tertiary alicyclic amines) is 1. The van der Waals surface area contributed by atoms with E-state index in [2.05, 4.69) is 34.0 Å². The van der Waals surface area contributed by atoms with Crippen LogP contribution in [0.1, 0.15) is 55.9 Å². The van der Waals surface area contributed by atoms with Crippen molar-refractivity contribution < 1.29 is 9.59 Å². The monoisotopic (exact) mass is 443 g/mol. The molecule has 168 valence electrons. The largest absolute Gasteiger partial charge is 0.356 e. The Balaban J connectivity index is 1.37. The molecule has 1 atom stereocenters. The number of hydrogen-bond donors (Lipinski definition) is 1. The van der Waals surface area contributed by atoms with Crippen LogP contribution >= 0.6 is 11.3 Å². The maximum atomic E-state index is 13.2. The highest BCUT2D eigenvalue weighted by Crippen LogP contribution is 2.35. The van der Waals surface area contributed by atoms with Gasteiger partial charge in [-0.2, -0.15) is 0 Å². The first-order valence-corrected chi connectivity index (χ1v) is 12.3. The van der Waals surface area contributed by atoms with Crippen molar-refractivity contribution in [2.45, 2.75) is 65.3 Å². The number of carbonyl (C=O) groups is 2. The molecule has 7 nitrogen and oxygen atoms in total. The number of anilines is 1. The molecular formula is C23H33N5O2S.